The molecular formula is C20H14N6. The molecule has 0 spiro atoms. The minimum absolute atomic E-state index is 0.498. The smallest absolute Gasteiger partial charge is 0.175 e. The second kappa shape index (κ2) is 7.40. The fourth-order valence-corrected chi connectivity index (χ4v) is 2.37. The fraction of sp³-hybridized carbons (Fsp3) is 0. The molecule has 0 unspecified atom stereocenters. The summed E-state index contributed by atoms with van der Waals surface area (Å²) in [6, 6.07) is 22.5. The van der Waals surface area contributed by atoms with Gasteiger partial charge in [-0.3, -0.25) is 9.97 Å². The first-order valence-electron chi connectivity index (χ1n) is 8.07. The lowest BCUT2D eigenvalue weighted by Crippen LogP contribution is -1.86. The van der Waals surface area contributed by atoms with Gasteiger partial charge in [-0.15, -0.1) is 10.2 Å². The first-order valence-corrected chi connectivity index (χ1v) is 8.07. The van der Waals surface area contributed by atoms with Gasteiger partial charge in [-0.1, -0.05) is 24.3 Å². The molecule has 124 valence electrons. The molecule has 0 N–H and O–H groups in total. The third kappa shape index (κ3) is 3.64. The van der Waals surface area contributed by atoms with Crippen LogP contribution in [0.2, 0.25) is 0 Å². The Morgan fingerprint density at radius 3 is 1.35 bits per heavy atom. The van der Waals surface area contributed by atoms with Crippen molar-refractivity contribution in [2.75, 3.05) is 0 Å². The maximum Gasteiger partial charge on any atom is 0.175 e. The maximum absolute atomic E-state index is 4.48. The summed E-state index contributed by atoms with van der Waals surface area (Å²) in [5.41, 5.74) is 3.08. The van der Waals surface area contributed by atoms with E-state index in [1.54, 1.807) is 24.5 Å². The van der Waals surface area contributed by atoms with E-state index in [9.17, 15) is 0 Å². The van der Waals surface area contributed by atoms with Crippen molar-refractivity contribution < 1.29 is 0 Å². The third-order valence-corrected chi connectivity index (χ3v) is 3.58. The van der Waals surface area contributed by atoms with E-state index in [0.717, 1.165) is 22.8 Å². The molecule has 0 amide bonds. The first-order chi connectivity index (χ1) is 12.9. The molecular weight excluding hydrogens is 324 g/mol. The van der Waals surface area contributed by atoms with Crippen molar-refractivity contribution in [2.24, 2.45) is 10.2 Å². The van der Waals surface area contributed by atoms with Crippen LogP contribution in [-0.2, 0) is 0 Å². The van der Waals surface area contributed by atoms with E-state index in [0.29, 0.717) is 11.6 Å². The van der Waals surface area contributed by atoms with Crippen LogP contribution in [0.3, 0.4) is 0 Å². The second-order valence-corrected chi connectivity index (χ2v) is 5.39. The maximum atomic E-state index is 4.48. The van der Waals surface area contributed by atoms with Gasteiger partial charge in [0.1, 0.15) is 0 Å². The Morgan fingerprint density at radius 2 is 0.923 bits per heavy atom. The van der Waals surface area contributed by atoms with Crippen LogP contribution in [0.15, 0.2) is 95.4 Å². The second-order valence-electron chi connectivity index (χ2n) is 5.39. The molecule has 0 bridgehead atoms. The number of azo groups is 1. The van der Waals surface area contributed by atoms with Crippen LogP contribution in [0.1, 0.15) is 0 Å². The highest BCUT2D eigenvalue weighted by atomic mass is 15.2. The Bertz CT molecular complexity index is 947. The van der Waals surface area contributed by atoms with Gasteiger partial charge in [0.15, 0.2) is 11.6 Å². The van der Waals surface area contributed by atoms with Gasteiger partial charge in [-0.05, 0) is 48.5 Å². The van der Waals surface area contributed by atoms with Gasteiger partial charge in [-0.25, -0.2) is 9.97 Å². The van der Waals surface area contributed by atoms with Crippen LogP contribution in [-0.4, -0.2) is 19.9 Å². The number of hydrogen-bond donors (Lipinski definition) is 0. The van der Waals surface area contributed by atoms with E-state index < -0.39 is 0 Å². The average Bonchev–Trinajstić information content (AvgIpc) is 2.74. The summed E-state index contributed by atoms with van der Waals surface area (Å²) < 4.78 is 0. The van der Waals surface area contributed by atoms with E-state index in [2.05, 4.69) is 30.2 Å². The summed E-state index contributed by atoms with van der Waals surface area (Å²) in [5, 5.41) is 8.40. The summed E-state index contributed by atoms with van der Waals surface area (Å²) in [4.78, 5) is 17.6. The predicted octanol–water partition coefficient (Wildman–Crippen LogP) is 5.02. The highest BCUT2D eigenvalue weighted by Gasteiger charge is 2.03. The molecule has 0 aliphatic carbocycles. The van der Waals surface area contributed by atoms with E-state index in [1.165, 1.54) is 0 Å². The van der Waals surface area contributed by atoms with Crippen molar-refractivity contribution in [3.63, 3.8) is 0 Å². The highest BCUT2D eigenvalue weighted by Crippen LogP contribution is 2.21. The standard InChI is InChI=1S/C20H14N6/c1-3-13-21-15(7-1)17-9-5-11-19(23-17)25-26-20-12-6-10-18(24-20)16-8-2-4-14-22-16/h1-14H/b26-25+. The van der Waals surface area contributed by atoms with Crippen LogP contribution < -0.4 is 0 Å². The molecule has 0 saturated carbocycles. The van der Waals surface area contributed by atoms with Crippen LogP contribution in [0, 0.1) is 0 Å². The van der Waals surface area contributed by atoms with Gasteiger partial charge < -0.3 is 0 Å². The molecule has 4 heterocycles. The quantitative estimate of drug-likeness (QED) is 0.490. The topological polar surface area (TPSA) is 76.3 Å². The van der Waals surface area contributed by atoms with Crippen LogP contribution in [0.25, 0.3) is 22.8 Å². The van der Waals surface area contributed by atoms with E-state index >= 15 is 0 Å². The third-order valence-electron chi connectivity index (χ3n) is 3.58. The molecule has 26 heavy (non-hydrogen) atoms. The number of rotatable bonds is 4. The molecule has 0 atom stereocenters. The molecule has 0 radical (unpaired) electrons. The summed E-state index contributed by atoms with van der Waals surface area (Å²) in [5.74, 6) is 0.997. The SMILES string of the molecule is c1ccc(-c2cccc(/N=N/c3cccc(-c4ccccn4)n3)n2)nc1. The lowest BCUT2D eigenvalue weighted by Gasteiger charge is -2.01. The predicted molar refractivity (Wildman–Crippen MR) is 99.1 cm³/mol. The Hall–Kier alpha value is -3.80. The summed E-state index contributed by atoms with van der Waals surface area (Å²) in [6.45, 7) is 0. The van der Waals surface area contributed by atoms with Crippen molar-refractivity contribution in [1.82, 2.24) is 19.9 Å². The molecule has 6 nitrogen and oxygen atoms in total. The largest absolute Gasteiger partial charge is 0.255 e. The molecule has 0 aliphatic heterocycles. The van der Waals surface area contributed by atoms with Crippen molar-refractivity contribution in [1.29, 1.82) is 0 Å². The lowest BCUT2D eigenvalue weighted by atomic mass is 10.2. The minimum atomic E-state index is 0.498. The van der Waals surface area contributed by atoms with Crippen molar-refractivity contribution >= 4 is 11.6 Å². The van der Waals surface area contributed by atoms with Gasteiger partial charge >= 0.3 is 0 Å². The van der Waals surface area contributed by atoms with Crippen LogP contribution >= 0.6 is 0 Å². The Labute approximate surface area is 150 Å². The zero-order valence-electron chi connectivity index (χ0n) is 13.8. The van der Waals surface area contributed by atoms with E-state index in [-0.39, 0.29) is 0 Å². The van der Waals surface area contributed by atoms with Crippen molar-refractivity contribution in [2.45, 2.75) is 0 Å². The monoisotopic (exact) mass is 338 g/mol. The molecule has 0 saturated heterocycles. The van der Waals surface area contributed by atoms with Crippen molar-refractivity contribution in [3.8, 4) is 22.8 Å². The number of nitrogens with zero attached hydrogens (tertiary/aromatic N) is 6. The molecule has 0 fully saturated rings. The van der Waals surface area contributed by atoms with Gasteiger partial charge in [0.05, 0.1) is 22.8 Å². The molecule has 6 heteroatoms. The van der Waals surface area contributed by atoms with E-state index in [4.69, 9.17) is 0 Å². The molecule has 0 aromatic carbocycles. The average molecular weight is 338 g/mol. The molecule has 4 aromatic rings. The fourth-order valence-electron chi connectivity index (χ4n) is 2.37. The zero-order valence-corrected chi connectivity index (χ0v) is 13.8. The molecule has 4 rings (SSSR count). The number of hydrogen-bond acceptors (Lipinski definition) is 6. The highest BCUT2D eigenvalue weighted by molar-refractivity contribution is 5.56. The van der Waals surface area contributed by atoms with Crippen LogP contribution in [0.5, 0.6) is 0 Å². The summed E-state index contributed by atoms with van der Waals surface area (Å²) in [6.07, 6.45) is 3.47. The van der Waals surface area contributed by atoms with Gasteiger partial charge in [-0.2, -0.15) is 0 Å². The molecule has 4 aromatic heterocycles. The molecule has 0 aliphatic rings. The van der Waals surface area contributed by atoms with E-state index in [1.807, 2.05) is 60.7 Å². The number of aromatic nitrogens is 4. The minimum Gasteiger partial charge on any atom is -0.255 e. The van der Waals surface area contributed by atoms with Gasteiger partial charge in [0, 0.05) is 12.4 Å². The first kappa shape index (κ1) is 15.7. The lowest BCUT2D eigenvalue weighted by molar-refractivity contribution is 1.11. The number of pyridine rings is 4. The Balaban J connectivity index is 1.59. The Kier molecular flexibility index (Phi) is 4.47. The van der Waals surface area contributed by atoms with Crippen molar-refractivity contribution in [3.05, 3.63) is 85.2 Å². The Morgan fingerprint density at radius 1 is 0.462 bits per heavy atom. The zero-order chi connectivity index (χ0) is 17.6. The normalized spacial score (nSPS) is 10.9. The van der Waals surface area contributed by atoms with Gasteiger partial charge in [0.2, 0.25) is 0 Å². The summed E-state index contributed by atoms with van der Waals surface area (Å²) >= 11 is 0. The van der Waals surface area contributed by atoms with Crippen LogP contribution in [0.4, 0.5) is 11.6 Å². The summed E-state index contributed by atoms with van der Waals surface area (Å²) in [7, 11) is 0. The van der Waals surface area contributed by atoms with Gasteiger partial charge in [0.25, 0.3) is 0 Å².